The molecule has 0 radical (unpaired) electrons. The third kappa shape index (κ3) is 3.37. The minimum atomic E-state index is -0.0232. The highest BCUT2D eigenvalue weighted by atomic mass is 16.5. The number of aromatic nitrogens is 4. The fraction of sp³-hybridized carbons (Fsp3) is 0.368. The Hall–Kier alpha value is -2.96. The van der Waals surface area contributed by atoms with Gasteiger partial charge in [-0.15, -0.1) is 0 Å². The van der Waals surface area contributed by atoms with E-state index in [1.807, 2.05) is 30.2 Å². The molecule has 1 saturated heterocycles. The fourth-order valence-corrected chi connectivity index (χ4v) is 3.40. The van der Waals surface area contributed by atoms with Crippen LogP contribution < -0.4 is 4.74 Å². The zero-order valence-electron chi connectivity index (χ0n) is 14.7. The summed E-state index contributed by atoms with van der Waals surface area (Å²) in [6.07, 6.45) is 8.20. The lowest BCUT2D eigenvalue weighted by molar-refractivity contribution is -0.137. The van der Waals surface area contributed by atoms with Gasteiger partial charge in [0.1, 0.15) is 5.75 Å². The Bertz CT molecular complexity index is 909. The van der Waals surface area contributed by atoms with Gasteiger partial charge in [0.05, 0.1) is 23.6 Å². The van der Waals surface area contributed by atoms with E-state index in [9.17, 15) is 4.79 Å². The summed E-state index contributed by atoms with van der Waals surface area (Å²) in [5, 5.41) is 4.36. The highest BCUT2D eigenvalue weighted by Crippen LogP contribution is 2.30. The average Bonchev–Trinajstić information content (AvgIpc) is 3.06. The Labute approximate surface area is 151 Å². The van der Waals surface area contributed by atoms with Crippen LogP contribution in [0.1, 0.15) is 36.7 Å². The van der Waals surface area contributed by atoms with Gasteiger partial charge < -0.3 is 9.64 Å². The molecule has 1 fully saturated rings. The highest BCUT2D eigenvalue weighted by Gasteiger charge is 2.29. The third-order valence-corrected chi connectivity index (χ3v) is 4.63. The van der Waals surface area contributed by atoms with E-state index in [0.29, 0.717) is 5.75 Å². The van der Waals surface area contributed by atoms with Crippen LogP contribution in [-0.2, 0) is 4.79 Å². The summed E-state index contributed by atoms with van der Waals surface area (Å²) in [5.74, 6) is 0.577. The van der Waals surface area contributed by atoms with Gasteiger partial charge in [0, 0.05) is 25.0 Å². The number of pyridine rings is 1. The number of aryl methyl sites for hydroxylation is 1. The van der Waals surface area contributed by atoms with Crippen molar-refractivity contribution in [1.82, 2.24) is 24.5 Å². The maximum Gasteiger partial charge on any atom is 0.261 e. The SMILES string of the molecule is Cc1cc2nc(C3CCCCN3C(=O)COc3cccnc3)ccn2n1. The lowest BCUT2D eigenvalue weighted by Gasteiger charge is -2.35. The number of likely N-dealkylation sites (tertiary alicyclic amines) is 1. The van der Waals surface area contributed by atoms with Gasteiger partial charge in [-0.2, -0.15) is 5.10 Å². The molecule has 4 rings (SSSR count). The zero-order chi connectivity index (χ0) is 17.9. The first-order valence-corrected chi connectivity index (χ1v) is 8.86. The molecule has 134 valence electrons. The lowest BCUT2D eigenvalue weighted by atomic mass is 9.99. The van der Waals surface area contributed by atoms with Crippen LogP contribution >= 0.6 is 0 Å². The molecule has 1 unspecified atom stereocenters. The van der Waals surface area contributed by atoms with E-state index in [0.717, 1.165) is 42.8 Å². The van der Waals surface area contributed by atoms with Crippen molar-refractivity contribution >= 4 is 11.6 Å². The maximum atomic E-state index is 12.8. The van der Waals surface area contributed by atoms with Crippen molar-refractivity contribution in [2.45, 2.75) is 32.2 Å². The second-order valence-corrected chi connectivity index (χ2v) is 6.52. The number of nitrogens with zero attached hydrogens (tertiary/aromatic N) is 5. The largest absolute Gasteiger partial charge is 0.482 e. The summed E-state index contributed by atoms with van der Waals surface area (Å²) in [7, 11) is 0. The summed E-state index contributed by atoms with van der Waals surface area (Å²) < 4.78 is 7.35. The van der Waals surface area contributed by atoms with Gasteiger partial charge in [-0.25, -0.2) is 9.50 Å². The van der Waals surface area contributed by atoms with Crippen molar-refractivity contribution in [3.8, 4) is 5.75 Å². The van der Waals surface area contributed by atoms with Crippen LogP contribution in [0.15, 0.2) is 42.9 Å². The van der Waals surface area contributed by atoms with Crippen LogP contribution in [0.5, 0.6) is 5.75 Å². The molecule has 0 saturated carbocycles. The van der Waals surface area contributed by atoms with Crippen molar-refractivity contribution < 1.29 is 9.53 Å². The van der Waals surface area contributed by atoms with Gasteiger partial charge in [0.25, 0.3) is 5.91 Å². The molecule has 0 N–H and O–H groups in total. The fourth-order valence-electron chi connectivity index (χ4n) is 3.40. The minimum Gasteiger partial charge on any atom is -0.482 e. The Morgan fingerprint density at radius 2 is 2.27 bits per heavy atom. The van der Waals surface area contributed by atoms with Gasteiger partial charge in [-0.3, -0.25) is 9.78 Å². The third-order valence-electron chi connectivity index (χ3n) is 4.63. The number of carbonyl (C=O) groups excluding carboxylic acids is 1. The predicted octanol–water partition coefficient (Wildman–Crippen LogP) is 2.57. The summed E-state index contributed by atoms with van der Waals surface area (Å²) in [4.78, 5) is 23.4. The molecule has 0 aromatic carbocycles. The van der Waals surface area contributed by atoms with Gasteiger partial charge in [0.15, 0.2) is 12.3 Å². The molecular formula is C19H21N5O2. The van der Waals surface area contributed by atoms with Crippen molar-refractivity contribution in [2.75, 3.05) is 13.2 Å². The van der Waals surface area contributed by atoms with E-state index in [2.05, 4.69) is 10.1 Å². The summed E-state index contributed by atoms with van der Waals surface area (Å²) in [6, 6.07) is 7.47. The normalized spacial score (nSPS) is 17.4. The Balaban J connectivity index is 1.52. The van der Waals surface area contributed by atoms with Crippen LogP contribution in [0, 0.1) is 6.92 Å². The van der Waals surface area contributed by atoms with Gasteiger partial charge in [-0.05, 0) is 44.4 Å². The van der Waals surface area contributed by atoms with E-state index in [-0.39, 0.29) is 18.6 Å². The number of hydrogen-bond acceptors (Lipinski definition) is 5. The second kappa shape index (κ2) is 7.11. The number of amides is 1. The summed E-state index contributed by atoms with van der Waals surface area (Å²) in [5.41, 5.74) is 2.65. The molecule has 0 spiro atoms. The van der Waals surface area contributed by atoms with Crippen molar-refractivity contribution in [3.63, 3.8) is 0 Å². The van der Waals surface area contributed by atoms with Gasteiger partial charge >= 0.3 is 0 Å². The molecule has 0 aliphatic carbocycles. The molecule has 7 heteroatoms. The smallest absolute Gasteiger partial charge is 0.261 e. The second-order valence-electron chi connectivity index (χ2n) is 6.52. The van der Waals surface area contributed by atoms with Crippen LogP contribution in [0.3, 0.4) is 0 Å². The van der Waals surface area contributed by atoms with E-state index < -0.39 is 0 Å². The summed E-state index contributed by atoms with van der Waals surface area (Å²) >= 11 is 0. The van der Waals surface area contributed by atoms with E-state index in [4.69, 9.17) is 9.72 Å². The van der Waals surface area contributed by atoms with E-state index in [1.54, 1.807) is 29.0 Å². The molecule has 7 nitrogen and oxygen atoms in total. The van der Waals surface area contributed by atoms with Crippen molar-refractivity contribution in [3.05, 3.63) is 54.2 Å². The Morgan fingerprint density at radius 3 is 3.12 bits per heavy atom. The zero-order valence-corrected chi connectivity index (χ0v) is 14.7. The summed E-state index contributed by atoms with van der Waals surface area (Å²) in [6.45, 7) is 2.68. The van der Waals surface area contributed by atoms with Crippen LogP contribution in [0.4, 0.5) is 0 Å². The van der Waals surface area contributed by atoms with Crippen LogP contribution in [0.2, 0.25) is 0 Å². The highest BCUT2D eigenvalue weighted by molar-refractivity contribution is 5.78. The Morgan fingerprint density at radius 1 is 1.35 bits per heavy atom. The maximum absolute atomic E-state index is 12.8. The minimum absolute atomic E-state index is 0.0101. The first-order valence-electron chi connectivity index (χ1n) is 8.86. The first-order chi connectivity index (χ1) is 12.7. The number of carbonyl (C=O) groups is 1. The van der Waals surface area contributed by atoms with E-state index in [1.165, 1.54) is 0 Å². The van der Waals surface area contributed by atoms with Gasteiger partial charge in [-0.1, -0.05) is 0 Å². The molecule has 26 heavy (non-hydrogen) atoms. The molecule has 0 bridgehead atoms. The molecule has 1 atom stereocenters. The van der Waals surface area contributed by atoms with Crippen LogP contribution in [-0.4, -0.2) is 43.5 Å². The van der Waals surface area contributed by atoms with Gasteiger partial charge in [0.2, 0.25) is 0 Å². The topological polar surface area (TPSA) is 72.6 Å². The molecule has 1 aliphatic heterocycles. The molecule has 1 amide bonds. The quantitative estimate of drug-likeness (QED) is 0.722. The molecule has 4 heterocycles. The predicted molar refractivity (Wildman–Crippen MR) is 95.8 cm³/mol. The number of fused-ring (bicyclic) bond motifs is 1. The van der Waals surface area contributed by atoms with Crippen molar-refractivity contribution in [2.24, 2.45) is 0 Å². The molecule has 3 aromatic heterocycles. The first kappa shape index (κ1) is 16.5. The molecule has 1 aliphatic rings. The lowest BCUT2D eigenvalue weighted by Crippen LogP contribution is -2.41. The van der Waals surface area contributed by atoms with E-state index >= 15 is 0 Å². The number of ether oxygens (including phenoxy) is 1. The monoisotopic (exact) mass is 351 g/mol. The number of piperidine rings is 1. The molecular weight excluding hydrogens is 330 g/mol. The standard InChI is InChI=1S/C19H21N5O2/c1-14-11-18-21-16(7-10-24(18)22-14)17-6-2-3-9-23(17)19(25)13-26-15-5-4-8-20-12-15/h4-5,7-8,10-12,17H,2-3,6,9,13H2,1H3. The van der Waals surface area contributed by atoms with Crippen molar-refractivity contribution in [1.29, 1.82) is 0 Å². The van der Waals surface area contributed by atoms with Crippen LogP contribution in [0.25, 0.3) is 5.65 Å². The Kier molecular flexibility index (Phi) is 4.51. The number of hydrogen-bond donors (Lipinski definition) is 0. The molecule has 3 aromatic rings. The average molecular weight is 351 g/mol. The number of rotatable bonds is 4.